The molecule has 154 valence electrons. The number of piperazine rings is 1. The number of nitrogens with one attached hydrogen (secondary N) is 1. The molecule has 1 aliphatic heterocycles. The van der Waals surface area contributed by atoms with Crippen LogP contribution in [0.15, 0.2) is 23.1 Å². The van der Waals surface area contributed by atoms with Crippen molar-refractivity contribution in [1.29, 1.82) is 0 Å². The fraction of sp³-hybridized carbons (Fsp3) is 0.571. The van der Waals surface area contributed by atoms with Gasteiger partial charge < -0.3 is 5.32 Å². The lowest BCUT2D eigenvalue weighted by Crippen LogP contribution is -2.54. The zero-order valence-electron chi connectivity index (χ0n) is 17.3. The fourth-order valence-corrected chi connectivity index (χ4v) is 5.16. The molecule has 6 nitrogen and oxygen atoms in total. The van der Waals surface area contributed by atoms with E-state index in [9.17, 15) is 13.2 Å². The van der Waals surface area contributed by atoms with Crippen molar-refractivity contribution in [3.63, 3.8) is 0 Å². The molecule has 0 bridgehead atoms. The second kappa shape index (κ2) is 9.08. The Balaban J connectivity index is 1.97. The van der Waals surface area contributed by atoms with Crippen molar-refractivity contribution in [2.45, 2.75) is 51.0 Å². The topological polar surface area (TPSA) is 69.7 Å². The number of hydrogen-bond acceptors (Lipinski definition) is 4. The van der Waals surface area contributed by atoms with Gasteiger partial charge in [-0.15, -0.1) is 6.42 Å². The van der Waals surface area contributed by atoms with Crippen molar-refractivity contribution in [2.24, 2.45) is 0 Å². The Morgan fingerprint density at radius 3 is 2.29 bits per heavy atom. The summed E-state index contributed by atoms with van der Waals surface area (Å²) in [4.78, 5) is 14.7. The number of aryl methyl sites for hydroxylation is 2. The normalized spacial score (nSPS) is 16.5. The van der Waals surface area contributed by atoms with Gasteiger partial charge in [0.05, 0.1) is 11.4 Å². The Hall–Kier alpha value is -1.88. The summed E-state index contributed by atoms with van der Waals surface area (Å²) in [7, 11) is -3.52. The van der Waals surface area contributed by atoms with Crippen LogP contribution < -0.4 is 5.32 Å². The van der Waals surface area contributed by atoms with Gasteiger partial charge in [-0.1, -0.05) is 37.5 Å². The van der Waals surface area contributed by atoms with Gasteiger partial charge in [-0.3, -0.25) is 9.69 Å². The van der Waals surface area contributed by atoms with Crippen LogP contribution in [0.3, 0.4) is 0 Å². The van der Waals surface area contributed by atoms with Crippen LogP contribution in [0.25, 0.3) is 0 Å². The summed E-state index contributed by atoms with van der Waals surface area (Å²) < 4.78 is 27.4. The third kappa shape index (κ3) is 4.93. The van der Waals surface area contributed by atoms with Crippen molar-refractivity contribution in [3.05, 3.63) is 29.3 Å². The van der Waals surface area contributed by atoms with E-state index in [1.54, 1.807) is 6.07 Å². The van der Waals surface area contributed by atoms with E-state index in [-0.39, 0.29) is 12.5 Å². The van der Waals surface area contributed by atoms with Gasteiger partial charge in [0, 0.05) is 26.2 Å². The molecule has 0 radical (unpaired) electrons. The number of benzene rings is 1. The van der Waals surface area contributed by atoms with Gasteiger partial charge in [-0.25, -0.2) is 8.42 Å². The summed E-state index contributed by atoms with van der Waals surface area (Å²) in [6, 6.07) is 5.38. The summed E-state index contributed by atoms with van der Waals surface area (Å²) in [5.41, 5.74) is 1.19. The molecule has 1 aliphatic rings. The molecule has 0 aromatic heterocycles. The average molecular weight is 406 g/mol. The van der Waals surface area contributed by atoms with E-state index >= 15 is 0 Å². The zero-order valence-corrected chi connectivity index (χ0v) is 18.1. The van der Waals surface area contributed by atoms with Gasteiger partial charge in [0.2, 0.25) is 15.9 Å². The Labute approximate surface area is 169 Å². The quantitative estimate of drug-likeness (QED) is 0.704. The lowest BCUT2D eigenvalue weighted by Gasteiger charge is -2.35. The van der Waals surface area contributed by atoms with Crippen LogP contribution in [-0.4, -0.2) is 61.8 Å². The number of terminal acetylenes is 1. The Bertz CT molecular complexity index is 846. The van der Waals surface area contributed by atoms with Crippen LogP contribution in [0.1, 0.15) is 37.8 Å². The molecule has 1 saturated heterocycles. The maximum absolute atomic E-state index is 13.0. The standard InChI is InChI=1S/C21H31N3O3S/c1-6-21(7-2,8-3)22-20(25)16-23-11-13-24(14-12-23)28(26,27)19-10-9-17(4)15-18(19)5/h1,9-10,15H,7-8,11-14,16H2,2-5H3,(H,22,25). The molecule has 1 heterocycles. The van der Waals surface area contributed by atoms with Gasteiger partial charge in [0.15, 0.2) is 0 Å². The number of carbonyl (C=O) groups excluding carboxylic acids is 1. The van der Waals surface area contributed by atoms with Crippen LogP contribution in [0.2, 0.25) is 0 Å². The number of sulfonamides is 1. The van der Waals surface area contributed by atoms with Gasteiger partial charge in [0.1, 0.15) is 5.54 Å². The minimum atomic E-state index is -3.52. The molecular formula is C21H31N3O3S. The van der Waals surface area contributed by atoms with Crippen LogP contribution in [-0.2, 0) is 14.8 Å². The maximum atomic E-state index is 13.0. The Kier molecular flexibility index (Phi) is 7.27. The molecule has 0 unspecified atom stereocenters. The van der Waals surface area contributed by atoms with Crippen molar-refractivity contribution in [2.75, 3.05) is 32.7 Å². The molecule has 0 aliphatic carbocycles. The van der Waals surface area contributed by atoms with E-state index in [0.717, 1.165) is 11.1 Å². The third-order valence-electron chi connectivity index (χ3n) is 5.51. The number of nitrogens with zero attached hydrogens (tertiary/aromatic N) is 2. The van der Waals surface area contributed by atoms with Gasteiger partial charge in [0.25, 0.3) is 0 Å². The smallest absolute Gasteiger partial charge is 0.243 e. The van der Waals surface area contributed by atoms with E-state index in [1.807, 2.05) is 44.7 Å². The zero-order chi connectivity index (χ0) is 20.9. The molecular weight excluding hydrogens is 374 g/mol. The summed E-state index contributed by atoms with van der Waals surface area (Å²) in [5, 5.41) is 2.96. The van der Waals surface area contributed by atoms with E-state index < -0.39 is 15.6 Å². The molecule has 0 spiro atoms. The van der Waals surface area contributed by atoms with Crippen molar-refractivity contribution < 1.29 is 13.2 Å². The Morgan fingerprint density at radius 1 is 1.18 bits per heavy atom. The van der Waals surface area contributed by atoms with Crippen LogP contribution >= 0.6 is 0 Å². The highest BCUT2D eigenvalue weighted by molar-refractivity contribution is 7.89. The number of carbonyl (C=O) groups is 1. The number of amides is 1. The first kappa shape index (κ1) is 22.4. The first-order valence-electron chi connectivity index (χ1n) is 9.76. The van der Waals surface area contributed by atoms with E-state index in [0.29, 0.717) is 43.9 Å². The second-order valence-corrected chi connectivity index (χ2v) is 9.34. The SMILES string of the molecule is C#CC(CC)(CC)NC(=O)CN1CCN(S(=O)(=O)c2ccc(C)cc2C)CC1. The highest BCUT2D eigenvalue weighted by Gasteiger charge is 2.31. The molecule has 2 rings (SSSR count). The van der Waals surface area contributed by atoms with Crippen molar-refractivity contribution in [1.82, 2.24) is 14.5 Å². The number of rotatable bonds is 7. The van der Waals surface area contributed by atoms with Gasteiger partial charge in [-0.2, -0.15) is 4.31 Å². The molecule has 1 N–H and O–H groups in total. The molecule has 7 heteroatoms. The van der Waals surface area contributed by atoms with Crippen molar-refractivity contribution >= 4 is 15.9 Å². The van der Waals surface area contributed by atoms with Crippen molar-refractivity contribution in [3.8, 4) is 12.3 Å². The molecule has 1 aromatic carbocycles. The fourth-order valence-electron chi connectivity index (χ4n) is 3.53. The first-order valence-corrected chi connectivity index (χ1v) is 11.2. The van der Waals surface area contributed by atoms with Gasteiger partial charge >= 0.3 is 0 Å². The highest BCUT2D eigenvalue weighted by Crippen LogP contribution is 2.22. The van der Waals surface area contributed by atoms with Crippen LogP contribution in [0.4, 0.5) is 0 Å². The predicted octanol–water partition coefficient (Wildman–Crippen LogP) is 1.92. The largest absolute Gasteiger partial charge is 0.339 e. The minimum absolute atomic E-state index is 0.118. The number of hydrogen-bond donors (Lipinski definition) is 1. The highest BCUT2D eigenvalue weighted by atomic mass is 32.2. The molecule has 0 saturated carbocycles. The monoisotopic (exact) mass is 405 g/mol. The maximum Gasteiger partial charge on any atom is 0.243 e. The summed E-state index contributed by atoms with van der Waals surface area (Å²) in [6.07, 6.45) is 6.95. The minimum Gasteiger partial charge on any atom is -0.339 e. The summed E-state index contributed by atoms with van der Waals surface area (Å²) in [5.74, 6) is 2.58. The summed E-state index contributed by atoms with van der Waals surface area (Å²) in [6.45, 7) is 9.66. The average Bonchev–Trinajstić information content (AvgIpc) is 2.66. The molecule has 28 heavy (non-hydrogen) atoms. The van der Waals surface area contributed by atoms with Crippen LogP contribution in [0.5, 0.6) is 0 Å². The molecule has 1 aromatic rings. The lowest BCUT2D eigenvalue weighted by molar-refractivity contribution is -0.123. The van der Waals surface area contributed by atoms with Crippen LogP contribution in [0, 0.1) is 26.2 Å². The molecule has 1 fully saturated rings. The summed E-state index contributed by atoms with van der Waals surface area (Å²) >= 11 is 0. The van der Waals surface area contributed by atoms with E-state index in [4.69, 9.17) is 6.42 Å². The third-order valence-corrected chi connectivity index (χ3v) is 7.57. The first-order chi connectivity index (χ1) is 13.2. The van der Waals surface area contributed by atoms with E-state index in [2.05, 4.69) is 11.2 Å². The van der Waals surface area contributed by atoms with E-state index in [1.165, 1.54) is 4.31 Å². The Morgan fingerprint density at radius 2 is 1.79 bits per heavy atom. The van der Waals surface area contributed by atoms with Gasteiger partial charge in [-0.05, 0) is 38.3 Å². The second-order valence-electron chi connectivity index (χ2n) is 7.43. The molecule has 1 amide bonds. The predicted molar refractivity (Wildman–Crippen MR) is 111 cm³/mol. The molecule has 0 atom stereocenters. The lowest BCUT2D eigenvalue weighted by atomic mass is 9.94.